The molecule has 0 radical (unpaired) electrons. The van der Waals surface area contributed by atoms with E-state index in [4.69, 9.17) is 9.15 Å². The van der Waals surface area contributed by atoms with Crippen LogP contribution in [0.4, 0.5) is 0 Å². The zero-order valence-corrected chi connectivity index (χ0v) is 15.5. The number of fused-ring (bicyclic) bond motifs is 1. The maximum absolute atomic E-state index is 11.2. The van der Waals surface area contributed by atoms with Crippen molar-refractivity contribution in [1.82, 2.24) is 5.32 Å². The minimum absolute atomic E-state index is 0.0611. The second-order valence-corrected chi connectivity index (χ2v) is 6.52. The number of rotatable bonds is 7. The standard InChI is InChI=1S/C22H25NO3/c1-4-25-20-11-8-17(9-12-20)5-6-18-7-10-19-14-21(26-22(19)13-18)15(2)23-16(3)24/h7-15H,4-6H2,1-3H3,(H,23,24). The molecule has 1 heterocycles. The highest BCUT2D eigenvalue weighted by molar-refractivity contribution is 5.79. The number of amides is 1. The second kappa shape index (κ2) is 8.09. The van der Waals surface area contributed by atoms with E-state index in [-0.39, 0.29) is 11.9 Å². The van der Waals surface area contributed by atoms with Gasteiger partial charge in [0.2, 0.25) is 5.91 Å². The molecule has 4 nitrogen and oxygen atoms in total. The molecule has 1 amide bonds. The molecule has 26 heavy (non-hydrogen) atoms. The van der Waals surface area contributed by atoms with E-state index in [9.17, 15) is 4.79 Å². The number of nitrogens with one attached hydrogen (secondary N) is 1. The highest BCUT2D eigenvalue weighted by Crippen LogP contribution is 2.25. The molecular weight excluding hydrogens is 326 g/mol. The van der Waals surface area contributed by atoms with Crippen LogP contribution in [0, 0.1) is 0 Å². The number of hydrogen-bond acceptors (Lipinski definition) is 3. The Hall–Kier alpha value is -2.75. The Kier molecular flexibility index (Phi) is 5.61. The van der Waals surface area contributed by atoms with Crippen molar-refractivity contribution < 1.29 is 13.9 Å². The zero-order chi connectivity index (χ0) is 18.5. The molecule has 1 unspecified atom stereocenters. The van der Waals surface area contributed by atoms with Crippen molar-refractivity contribution in [2.75, 3.05) is 6.61 Å². The van der Waals surface area contributed by atoms with Crippen LogP contribution in [0.3, 0.4) is 0 Å². The number of carbonyl (C=O) groups excluding carboxylic acids is 1. The monoisotopic (exact) mass is 351 g/mol. The normalized spacial score (nSPS) is 12.1. The van der Waals surface area contributed by atoms with E-state index in [1.165, 1.54) is 18.1 Å². The fourth-order valence-electron chi connectivity index (χ4n) is 3.05. The molecule has 3 aromatic rings. The predicted octanol–water partition coefficient (Wildman–Crippen LogP) is 4.81. The van der Waals surface area contributed by atoms with Crippen LogP contribution in [0.1, 0.15) is 43.7 Å². The number of aryl methyl sites for hydroxylation is 2. The summed E-state index contributed by atoms with van der Waals surface area (Å²) in [5, 5.41) is 3.91. The van der Waals surface area contributed by atoms with E-state index in [0.29, 0.717) is 6.61 Å². The van der Waals surface area contributed by atoms with Crippen LogP contribution in [-0.2, 0) is 17.6 Å². The Morgan fingerprint density at radius 2 is 1.77 bits per heavy atom. The van der Waals surface area contributed by atoms with Crippen molar-refractivity contribution in [3.05, 3.63) is 65.4 Å². The van der Waals surface area contributed by atoms with Crippen LogP contribution in [0.5, 0.6) is 5.75 Å². The van der Waals surface area contributed by atoms with Crippen molar-refractivity contribution in [2.45, 2.75) is 39.7 Å². The van der Waals surface area contributed by atoms with Gasteiger partial charge in [0.05, 0.1) is 12.6 Å². The maximum atomic E-state index is 11.2. The summed E-state index contributed by atoms with van der Waals surface area (Å²) in [5.74, 6) is 1.63. The lowest BCUT2D eigenvalue weighted by Crippen LogP contribution is -2.23. The molecule has 3 rings (SSSR count). The minimum Gasteiger partial charge on any atom is -0.494 e. The fourth-order valence-corrected chi connectivity index (χ4v) is 3.05. The first kappa shape index (κ1) is 18.1. The molecule has 1 atom stereocenters. The van der Waals surface area contributed by atoms with Crippen LogP contribution < -0.4 is 10.1 Å². The molecule has 0 aliphatic carbocycles. The van der Waals surface area contributed by atoms with Gasteiger partial charge in [0.1, 0.15) is 17.1 Å². The van der Waals surface area contributed by atoms with Gasteiger partial charge in [-0.25, -0.2) is 0 Å². The minimum atomic E-state index is -0.132. The number of furan rings is 1. The highest BCUT2D eigenvalue weighted by atomic mass is 16.5. The summed E-state index contributed by atoms with van der Waals surface area (Å²) < 4.78 is 11.4. The van der Waals surface area contributed by atoms with Crippen LogP contribution >= 0.6 is 0 Å². The van der Waals surface area contributed by atoms with Gasteiger partial charge in [-0.2, -0.15) is 0 Å². The molecule has 0 aliphatic rings. The largest absolute Gasteiger partial charge is 0.494 e. The Labute approximate surface area is 154 Å². The predicted molar refractivity (Wildman–Crippen MR) is 103 cm³/mol. The molecular formula is C22H25NO3. The molecule has 1 N–H and O–H groups in total. The van der Waals surface area contributed by atoms with Gasteiger partial charge in [-0.3, -0.25) is 4.79 Å². The molecule has 0 bridgehead atoms. The summed E-state index contributed by atoms with van der Waals surface area (Å²) in [4.78, 5) is 11.2. The number of ether oxygens (including phenoxy) is 1. The number of carbonyl (C=O) groups is 1. The lowest BCUT2D eigenvalue weighted by molar-refractivity contribution is -0.119. The van der Waals surface area contributed by atoms with Crippen LogP contribution in [0.25, 0.3) is 11.0 Å². The van der Waals surface area contributed by atoms with Crippen LogP contribution in [0.15, 0.2) is 52.9 Å². The summed E-state index contributed by atoms with van der Waals surface area (Å²) in [5.41, 5.74) is 3.38. The molecule has 0 saturated carbocycles. The number of hydrogen-bond donors (Lipinski definition) is 1. The highest BCUT2D eigenvalue weighted by Gasteiger charge is 2.12. The lowest BCUT2D eigenvalue weighted by atomic mass is 10.0. The van der Waals surface area contributed by atoms with E-state index in [1.54, 1.807) is 0 Å². The van der Waals surface area contributed by atoms with E-state index in [0.717, 1.165) is 35.3 Å². The second-order valence-electron chi connectivity index (χ2n) is 6.52. The van der Waals surface area contributed by atoms with Crippen molar-refractivity contribution in [2.24, 2.45) is 0 Å². The third kappa shape index (κ3) is 4.45. The molecule has 0 fully saturated rings. The van der Waals surface area contributed by atoms with Gasteiger partial charge in [0.25, 0.3) is 0 Å². The van der Waals surface area contributed by atoms with Gasteiger partial charge < -0.3 is 14.5 Å². The Balaban J connectivity index is 1.67. The molecule has 0 aliphatic heterocycles. The van der Waals surface area contributed by atoms with Crippen molar-refractivity contribution >= 4 is 16.9 Å². The molecule has 0 spiro atoms. The smallest absolute Gasteiger partial charge is 0.217 e. The topological polar surface area (TPSA) is 51.5 Å². The van der Waals surface area contributed by atoms with Crippen LogP contribution in [0.2, 0.25) is 0 Å². The first-order valence-corrected chi connectivity index (χ1v) is 9.06. The van der Waals surface area contributed by atoms with E-state index in [2.05, 4.69) is 35.6 Å². The average molecular weight is 351 g/mol. The zero-order valence-electron chi connectivity index (χ0n) is 15.5. The first-order valence-electron chi connectivity index (χ1n) is 9.06. The quantitative estimate of drug-likeness (QED) is 0.664. The molecule has 2 aromatic carbocycles. The van der Waals surface area contributed by atoms with E-state index >= 15 is 0 Å². The first-order chi connectivity index (χ1) is 12.5. The van der Waals surface area contributed by atoms with Gasteiger partial charge in [-0.15, -0.1) is 0 Å². The van der Waals surface area contributed by atoms with Gasteiger partial charge >= 0.3 is 0 Å². The van der Waals surface area contributed by atoms with Crippen LogP contribution in [-0.4, -0.2) is 12.5 Å². The summed E-state index contributed by atoms with van der Waals surface area (Å²) in [6, 6.07) is 16.4. The van der Waals surface area contributed by atoms with Gasteiger partial charge in [-0.1, -0.05) is 24.3 Å². The maximum Gasteiger partial charge on any atom is 0.217 e. The average Bonchev–Trinajstić information content (AvgIpc) is 3.04. The van der Waals surface area contributed by atoms with Gasteiger partial charge in [0, 0.05) is 12.3 Å². The molecule has 0 saturated heterocycles. The van der Waals surface area contributed by atoms with E-state index in [1.807, 2.05) is 32.0 Å². The SMILES string of the molecule is CCOc1ccc(CCc2ccc3cc(C(C)NC(C)=O)oc3c2)cc1. The summed E-state index contributed by atoms with van der Waals surface area (Å²) in [7, 11) is 0. The third-order valence-corrected chi connectivity index (χ3v) is 4.39. The fraction of sp³-hybridized carbons (Fsp3) is 0.318. The Bertz CT molecular complexity index is 880. The van der Waals surface area contributed by atoms with E-state index < -0.39 is 0 Å². The molecule has 1 aromatic heterocycles. The van der Waals surface area contributed by atoms with Crippen molar-refractivity contribution in [3.63, 3.8) is 0 Å². The van der Waals surface area contributed by atoms with Gasteiger partial charge in [0.15, 0.2) is 0 Å². The summed E-state index contributed by atoms with van der Waals surface area (Å²) in [6.45, 7) is 6.11. The van der Waals surface area contributed by atoms with Gasteiger partial charge in [-0.05, 0) is 62.1 Å². The third-order valence-electron chi connectivity index (χ3n) is 4.39. The van der Waals surface area contributed by atoms with Crippen molar-refractivity contribution in [1.29, 1.82) is 0 Å². The Morgan fingerprint density at radius 1 is 1.08 bits per heavy atom. The summed E-state index contributed by atoms with van der Waals surface area (Å²) in [6.07, 6.45) is 1.91. The molecule has 4 heteroatoms. The van der Waals surface area contributed by atoms with Crippen molar-refractivity contribution in [3.8, 4) is 5.75 Å². The number of benzene rings is 2. The Morgan fingerprint density at radius 3 is 2.46 bits per heavy atom. The lowest BCUT2D eigenvalue weighted by Gasteiger charge is -2.08. The summed E-state index contributed by atoms with van der Waals surface area (Å²) >= 11 is 0. The molecule has 136 valence electrons.